The summed E-state index contributed by atoms with van der Waals surface area (Å²) >= 11 is 0. The molecule has 66 valence electrons. The first-order chi connectivity index (χ1) is 4.77. The maximum absolute atomic E-state index is 9.22. The molecular formula is H3N3O6S2. The van der Waals surface area contributed by atoms with Gasteiger partial charge in [-0.05, 0) is 5.53 Å². The lowest BCUT2D eigenvalue weighted by Crippen LogP contribution is -1.89. The van der Waals surface area contributed by atoms with Gasteiger partial charge in [-0.25, -0.2) is 8.42 Å². The molecule has 0 rings (SSSR count). The Morgan fingerprint density at radius 3 is 1.64 bits per heavy atom. The number of thiol groups is 1. The predicted octanol–water partition coefficient (Wildman–Crippen LogP) is -0.830. The van der Waals surface area contributed by atoms with Gasteiger partial charge < -0.3 is 0 Å². The minimum Gasteiger partial charge on any atom is -0.264 e. The molecule has 0 aromatic carbocycles. The van der Waals surface area contributed by atoms with Crippen molar-refractivity contribution in [2.45, 2.75) is 0 Å². The third-order valence-electron chi connectivity index (χ3n) is 0.113. The second kappa shape index (κ2) is 5.88. The van der Waals surface area contributed by atoms with E-state index in [1.165, 1.54) is 0 Å². The average molecular weight is 205 g/mol. The molecule has 0 aromatic heterocycles. The molecule has 2 N–H and O–H groups in total. The average Bonchev–Trinajstić information content (AvgIpc) is 1.58. The van der Waals surface area contributed by atoms with E-state index in [2.05, 4.69) is 4.52 Å². The molecule has 0 aromatic rings. The van der Waals surface area contributed by atoms with Gasteiger partial charge in [0.15, 0.2) is 0 Å². The molecule has 0 spiro atoms. The maximum Gasteiger partial charge on any atom is 0.394 e. The molecule has 0 aliphatic rings. The van der Waals surface area contributed by atoms with E-state index >= 15 is 0 Å². The summed E-state index contributed by atoms with van der Waals surface area (Å²) in [6.07, 6.45) is 0. The Bertz CT molecular complexity index is 287. The monoisotopic (exact) mass is 205 g/mol. The van der Waals surface area contributed by atoms with Crippen molar-refractivity contribution in [3.8, 4) is 0 Å². The highest BCUT2D eigenvalue weighted by Crippen LogP contribution is 1.62. The fraction of sp³-hybridized carbons (Fsp3) is 0. The van der Waals surface area contributed by atoms with Gasteiger partial charge in [-0.3, -0.25) is 9.11 Å². The van der Waals surface area contributed by atoms with Crippen molar-refractivity contribution in [2.75, 3.05) is 0 Å². The normalized spacial score (nSPS) is 9.36. The lowest BCUT2D eigenvalue weighted by atomic mass is 13.0. The number of hydrogen-bond donors (Lipinski definition) is 3. The number of hydrogen-bond acceptors (Lipinski definition) is 4. The lowest BCUT2D eigenvalue weighted by molar-refractivity contribution is 0.381. The van der Waals surface area contributed by atoms with Crippen LogP contribution in [0.4, 0.5) is 0 Å². The summed E-state index contributed by atoms with van der Waals surface area (Å²) in [7, 11) is -7.56. The molecule has 0 saturated heterocycles. The van der Waals surface area contributed by atoms with E-state index in [1.807, 2.05) is 4.91 Å². The van der Waals surface area contributed by atoms with E-state index in [0.717, 1.165) is 0 Å². The van der Waals surface area contributed by atoms with Crippen molar-refractivity contribution in [3.05, 3.63) is 10.4 Å². The minimum atomic E-state index is -4.67. The van der Waals surface area contributed by atoms with Gasteiger partial charge in [-0.15, -0.1) is 0 Å². The van der Waals surface area contributed by atoms with Crippen molar-refractivity contribution in [1.29, 1.82) is 0 Å². The Balaban J connectivity index is 0. The smallest absolute Gasteiger partial charge is 0.264 e. The highest BCUT2D eigenvalue weighted by molar-refractivity contribution is 7.79. The van der Waals surface area contributed by atoms with E-state index in [1.54, 1.807) is 0 Å². The molecule has 0 saturated carbocycles. The zero-order valence-corrected chi connectivity index (χ0v) is 6.44. The van der Waals surface area contributed by atoms with Gasteiger partial charge in [-0.2, -0.15) is 8.42 Å². The second-order valence-electron chi connectivity index (χ2n) is 0.865. The van der Waals surface area contributed by atoms with Crippen LogP contribution < -0.4 is 0 Å². The van der Waals surface area contributed by atoms with Crippen molar-refractivity contribution in [3.63, 3.8) is 0 Å². The summed E-state index contributed by atoms with van der Waals surface area (Å²) in [5.41, 5.74) is 7.31. The van der Waals surface area contributed by atoms with E-state index in [4.69, 9.17) is 23.1 Å². The van der Waals surface area contributed by atoms with Crippen molar-refractivity contribution in [2.24, 2.45) is 4.52 Å². The van der Waals surface area contributed by atoms with E-state index < -0.39 is 21.3 Å². The van der Waals surface area contributed by atoms with Crippen LogP contribution in [0.3, 0.4) is 0 Å². The summed E-state index contributed by atoms with van der Waals surface area (Å²) in [5, 5.41) is 0. The lowest BCUT2D eigenvalue weighted by Gasteiger charge is -1.68. The number of rotatable bonds is 1. The molecule has 0 heterocycles. The van der Waals surface area contributed by atoms with Gasteiger partial charge in [0.1, 0.15) is 0 Å². The van der Waals surface area contributed by atoms with Gasteiger partial charge in [-0.1, -0.05) is 0 Å². The summed E-state index contributed by atoms with van der Waals surface area (Å²) in [6, 6.07) is 0. The van der Waals surface area contributed by atoms with Crippen LogP contribution in [0, 0.1) is 0 Å². The van der Waals surface area contributed by atoms with Crippen LogP contribution in [0.25, 0.3) is 10.4 Å². The van der Waals surface area contributed by atoms with Crippen LogP contribution >= 0.6 is 0 Å². The number of nitrogens with zero attached hydrogens (tertiary/aromatic N) is 3. The fourth-order valence-electron chi connectivity index (χ4n) is 0.0327. The molecule has 11 heavy (non-hydrogen) atoms. The van der Waals surface area contributed by atoms with Gasteiger partial charge in [0.05, 0.1) is 0 Å². The first-order valence-corrected chi connectivity index (χ1v) is 4.19. The molecule has 0 bridgehead atoms. The van der Waals surface area contributed by atoms with E-state index in [0.29, 0.717) is 0 Å². The van der Waals surface area contributed by atoms with Crippen LogP contribution in [0.1, 0.15) is 0 Å². The van der Waals surface area contributed by atoms with E-state index in [-0.39, 0.29) is 0 Å². The fourth-order valence-corrected chi connectivity index (χ4v) is 0.0980. The molecule has 0 aliphatic heterocycles. The highest BCUT2D eigenvalue weighted by Gasteiger charge is 1.84. The molecule has 9 nitrogen and oxygen atoms in total. The molecule has 0 atom stereocenters. The third kappa shape index (κ3) is 102. The van der Waals surface area contributed by atoms with Crippen LogP contribution in [-0.2, 0) is 21.3 Å². The van der Waals surface area contributed by atoms with E-state index in [9.17, 15) is 8.42 Å². The first kappa shape index (κ1) is 12.8. The van der Waals surface area contributed by atoms with Crippen molar-refractivity contribution >= 4 is 21.3 Å². The molecule has 11 heteroatoms. The van der Waals surface area contributed by atoms with Gasteiger partial charge >= 0.3 is 10.4 Å². The summed E-state index contributed by atoms with van der Waals surface area (Å²) in [5.74, 6) is 0. The standard InChI is InChI=1S/HN3O2S.H2O4S/c1-2-3-6(4)5;1-5(2,3)4/h6H;(H2,1,2,3,4). The zero-order chi connectivity index (χ0) is 9.49. The molecule has 0 amide bonds. The van der Waals surface area contributed by atoms with Crippen LogP contribution in [-0.4, -0.2) is 25.9 Å². The SMILES string of the molecule is O=S(=O)(O)O.[N-]=[N+]=N[SH](=O)=O. The van der Waals surface area contributed by atoms with Gasteiger partial charge in [0.2, 0.25) is 10.9 Å². The van der Waals surface area contributed by atoms with Crippen LogP contribution in [0.5, 0.6) is 0 Å². The Kier molecular flexibility index (Phi) is 6.83. The largest absolute Gasteiger partial charge is 0.394 e. The van der Waals surface area contributed by atoms with Gasteiger partial charge in [0, 0.05) is 9.43 Å². The molecule has 0 radical (unpaired) electrons. The van der Waals surface area contributed by atoms with Crippen LogP contribution in [0.15, 0.2) is 4.52 Å². The molecular weight excluding hydrogens is 202 g/mol. The minimum absolute atomic E-state index is 1.96. The van der Waals surface area contributed by atoms with Gasteiger partial charge in [0.25, 0.3) is 0 Å². The first-order valence-electron chi connectivity index (χ1n) is 1.66. The Morgan fingerprint density at radius 2 is 1.64 bits per heavy atom. The number of azide groups is 1. The second-order valence-corrected chi connectivity index (χ2v) is 2.41. The molecule has 0 unspecified atom stereocenters. The molecule has 0 fully saturated rings. The summed E-state index contributed by atoms with van der Waals surface area (Å²) in [6.45, 7) is 0. The quantitative estimate of drug-likeness (QED) is 0.166. The van der Waals surface area contributed by atoms with Crippen LogP contribution in [0.2, 0.25) is 0 Å². The topological polar surface area (TPSA) is 158 Å². The highest BCUT2D eigenvalue weighted by atomic mass is 32.3. The molecule has 0 aliphatic carbocycles. The summed E-state index contributed by atoms with van der Waals surface area (Å²) < 4.78 is 52.3. The Hall–Kier alpha value is -0.870. The Labute approximate surface area is 62.9 Å². The van der Waals surface area contributed by atoms with Crippen molar-refractivity contribution in [1.82, 2.24) is 0 Å². The zero-order valence-electron chi connectivity index (χ0n) is 4.72. The Morgan fingerprint density at radius 1 is 1.36 bits per heavy atom. The third-order valence-corrected chi connectivity index (χ3v) is 0.339. The predicted molar refractivity (Wildman–Crippen MR) is 33.6 cm³/mol. The van der Waals surface area contributed by atoms with Crippen molar-refractivity contribution < 1.29 is 25.9 Å². The summed E-state index contributed by atoms with van der Waals surface area (Å²) in [4.78, 5) is 1.96. The maximum atomic E-state index is 9.22.